The van der Waals surface area contributed by atoms with Crippen LogP contribution >= 0.6 is 0 Å². The summed E-state index contributed by atoms with van der Waals surface area (Å²) in [6, 6.07) is 11.5. The number of nitrogens with one attached hydrogen (secondary N) is 1. The number of carboxylic acids is 1. The van der Waals surface area contributed by atoms with Crippen LogP contribution in [0.5, 0.6) is 11.5 Å². The Balaban J connectivity index is 2.00. The summed E-state index contributed by atoms with van der Waals surface area (Å²) in [5, 5.41) is 13.7. The van der Waals surface area contributed by atoms with Gasteiger partial charge in [-0.1, -0.05) is 24.3 Å². The Morgan fingerprint density at radius 1 is 1.00 bits per heavy atom. The Labute approximate surface area is 140 Å². The van der Waals surface area contributed by atoms with E-state index in [1.54, 1.807) is 32.4 Å². The molecule has 1 amide bonds. The molecule has 126 valence electrons. The molecule has 0 saturated heterocycles. The lowest BCUT2D eigenvalue weighted by molar-refractivity contribution is -0.255. The monoisotopic (exact) mass is 328 g/mol. The maximum absolute atomic E-state index is 12.1. The van der Waals surface area contributed by atoms with E-state index in [0.717, 1.165) is 5.56 Å². The number of methoxy groups -OCH3 is 2. The summed E-state index contributed by atoms with van der Waals surface area (Å²) in [5.74, 6) is -0.576. The highest BCUT2D eigenvalue weighted by atomic mass is 16.5. The molecule has 2 aromatic rings. The first-order valence-corrected chi connectivity index (χ1v) is 7.36. The normalized spacial score (nSPS) is 10.1. The zero-order chi connectivity index (χ0) is 17.5. The van der Waals surface area contributed by atoms with Gasteiger partial charge in [-0.3, -0.25) is 4.79 Å². The number of ether oxygens (including phenoxy) is 2. The van der Waals surface area contributed by atoms with Gasteiger partial charge in [-0.05, 0) is 30.2 Å². The largest absolute Gasteiger partial charge is 0.545 e. The molecule has 2 rings (SSSR count). The summed E-state index contributed by atoms with van der Waals surface area (Å²) >= 11 is 0. The molecule has 0 heterocycles. The molecule has 0 unspecified atom stereocenters. The first-order valence-electron chi connectivity index (χ1n) is 7.36. The van der Waals surface area contributed by atoms with Crippen LogP contribution in [-0.2, 0) is 6.42 Å². The molecule has 6 heteroatoms. The van der Waals surface area contributed by atoms with Crippen molar-refractivity contribution in [3.63, 3.8) is 0 Å². The van der Waals surface area contributed by atoms with E-state index in [9.17, 15) is 14.7 Å². The minimum Gasteiger partial charge on any atom is -0.545 e. The van der Waals surface area contributed by atoms with E-state index in [2.05, 4.69) is 5.32 Å². The lowest BCUT2D eigenvalue weighted by atomic mass is 10.1. The summed E-state index contributed by atoms with van der Waals surface area (Å²) in [5.41, 5.74) is 0.923. The number of carbonyl (C=O) groups is 2. The van der Waals surface area contributed by atoms with E-state index >= 15 is 0 Å². The SMILES string of the molecule is COc1ccc(CCNC(=O)c2ccccc2C(=O)[O-])cc1OC. The molecule has 24 heavy (non-hydrogen) atoms. The van der Waals surface area contributed by atoms with Crippen molar-refractivity contribution < 1.29 is 24.2 Å². The second-order valence-corrected chi connectivity index (χ2v) is 5.03. The van der Waals surface area contributed by atoms with Gasteiger partial charge in [-0.25, -0.2) is 0 Å². The maximum atomic E-state index is 12.1. The van der Waals surface area contributed by atoms with E-state index in [0.29, 0.717) is 24.5 Å². The Kier molecular flexibility index (Phi) is 5.78. The molecule has 0 saturated carbocycles. The molecule has 1 N–H and O–H groups in total. The van der Waals surface area contributed by atoms with E-state index in [1.165, 1.54) is 12.1 Å². The molecule has 0 spiro atoms. The van der Waals surface area contributed by atoms with Crippen LogP contribution in [0.4, 0.5) is 0 Å². The summed E-state index contributed by atoms with van der Waals surface area (Å²) in [6.45, 7) is 0.357. The Hall–Kier alpha value is -3.02. The second-order valence-electron chi connectivity index (χ2n) is 5.03. The molecule has 0 aliphatic heterocycles. The van der Waals surface area contributed by atoms with Gasteiger partial charge >= 0.3 is 0 Å². The zero-order valence-electron chi connectivity index (χ0n) is 13.5. The molecule has 0 fully saturated rings. The highest BCUT2D eigenvalue weighted by Gasteiger charge is 2.11. The Morgan fingerprint density at radius 2 is 1.67 bits per heavy atom. The third-order valence-electron chi connectivity index (χ3n) is 3.54. The second kappa shape index (κ2) is 8.01. The van der Waals surface area contributed by atoms with Crippen LogP contribution in [0, 0.1) is 0 Å². The van der Waals surface area contributed by atoms with Crippen molar-refractivity contribution in [1.29, 1.82) is 0 Å². The first-order chi connectivity index (χ1) is 11.6. The molecule has 0 aliphatic rings. The van der Waals surface area contributed by atoms with E-state index in [1.807, 2.05) is 12.1 Å². The number of hydrogen-bond acceptors (Lipinski definition) is 5. The number of benzene rings is 2. The van der Waals surface area contributed by atoms with Crippen molar-refractivity contribution in [3.8, 4) is 11.5 Å². The van der Waals surface area contributed by atoms with E-state index in [4.69, 9.17) is 9.47 Å². The van der Waals surface area contributed by atoms with Crippen LogP contribution in [0.15, 0.2) is 42.5 Å². The molecule has 0 atom stereocenters. The van der Waals surface area contributed by atoms with Gasteiger partial charge in [0, 0.05) is 17.7 Å². The minimum atomic E-state index is -1.37. The standard InChI is InChI=1S/C18H19NO5/c1-23-15-8-7-12(11-16(15)24-2)9-10-19-17(20)13-5-3-4-6-14(13)18(21)22/h3-8,11H,9-10H2,1-2H3,(H,19,20)(H,21,22)/p-1. The Morgan fingerprint density at radius 3 is 2.29 bits per heavy atom. The van der Waals surface area contributed by atoms with Crippen molar-refractivity contribution in [2.75, 3.05) is 20.8 Å². The summed E-state index contributed by atoms with van der Waals surface area (Å²) < 4.78 is 10.4. The summed E-state index contributed by atoms with van der Waals surface area (Å²) in [7, 11) is 3.12. The van der Waals surface area contributed by atoms with E-state index < -0.39 is 11.9 Å². The van der Waals surface area contributed by atoms with Crippen molar-refractivity contribution in [1.82, 2.24) is 5.32 Å². The molecule has 2 aromatic carbocycles. The van der Waals surface area contributed by atoms with Crippen LogP contribution in [0.1, 0.15) is 26.3 Å². The highest BCUT2D eigenvalue weighted by molar-refractivity contribution is 6.04. The number of carbonyl (C=O) groups excluding carboxylic acids is 2. The van der Waals surface area contributed by atoms with Crippen molar-refractivity contribution in [2.45, 2.75) is 6.42 Å². The predicted octanol–water partition coefficient (Wildman–Crippen LogP) is 1.04. The Bertz CT molecular complexity index is 742. The first kappa shape index (κ1) is 17.3. The van der Waals surface area contributed by atoms with Crippen LogP contribution in [0.25, 0.3) is 0 Å². The summed E-state index contributed by atoms with van der Waals surface area (Å²) in [6.07, 6.45) is 0.569. The fraction of sp³-hybridized carbons (Fsp3) is 0.222. The van der Waals surface area contributed by atoms with Gasteiger partial charge in [0.2, 0.25) is 0 Å². The van der Waals surface area contributed by atoms with Gasteiger partial charge in [0.1, 0.15) is 0 Å². The fourth-order valence-electron chi connectivity index (χ4n) is 2.31. The van der Waals surface area contributed by atoms with Crippen molar-refractivity contribution in [2.24, 2.45) is 0 Å². The van der Waals surface area contributed by atoms with E-state index in [-0.39, 0.29) is 11.1 Å². The van der Waals surface area contributed by atoms with Gasteiger partial charge < -0.3 is 24.7 Å². The number of amides is 1. The van der Waals surface area contributed by atoms with Crippen LogP contribution < -0.4 is 19.9 Å². The number of hydrogen-bond donors (Lipinski definition) is 1. The van der Waals surface area contributed by atoms with Crippen LogP contribution in [-0.4, -0.2) is 32.6 Å². The molecule has 0 aromatic heterocycles. The smallest absolute Gasteiger partial charge is 0.251 e. The number of carboxylic acid groups (broad SMARTS) is 1. The van der Waals surface area contributed by atoms with Gasteiger partial charge in [-0.2, -0.15) is 0 Å². The lowest BCUT2D eigenvalue weighted by Gasteiger charge is -2.12. The third-order valence-corrected chi connectivity index (χ3v) is 3.54. The predicted molar refractivity (Wildman–Crippen MR) is 86.4 cm³/mol. The minimum absolute atomic E-state index is 0.0878. The molecule has 0 bridgehead atoms. The quantitative estimate of drug-likeness (QED) is 0.820. The fourth-order valence-corrected chi connectivity index (χ4v) is 2.31. The lowest BCUT2D eigenvalue weighted by Crippen LogP contribution is -2.30. The van der Waals surface area contributed by atoms with Gasteiger partial charge in [-0.15, -0.1) is 0 Å². The molecule has 6 nitrogen and oxygen atoms in total. The zero-order valence-corrected chi connectivity index (χ0v) is 13.5. The molecular formula is C18H18NO5-. The molecule has 0 aliphatic carbocycles. The molecular weight excluding hydrogens is 310 g/mol. The number of aromatic carboxylic acids is 1. The highest BCUT2D eigenvalue weighted by Crippen LogP contribution is 2.27. The van der Waals surface area contributed by atoms with Gasteiger partial charge in [0.15, 0.2) is 11.5 Å². The van der Waals surface area contributed by atoms with Gasteiger partial charge in [0.25, 0.3) is 5.91 Å². The third kappa shape index (κ3) is 4.04. The average molecular weight is 328 g/mol. The van der Waals surface area contributed by atoms with Gasteiger partial charge in [0.05, 0.1) is 20.2 Å². The molecule has 0 radical (unpaired) electrons. The topological polar surface area (TPSA) is 87.7 Å². The van der Waals surface area contributed by atoms with Crippen LogP contribution in [0.3, 0.4) is 0 Å². The average Bonchev–Trinajstić information content (AvgIpc) is 2.61. The summed E-state index contributed by atoms with van der Waals surface area (Å²) in [4.78, 5) is 23.2. The maximum Gasteiger partial charge on any atom is 0.251 e. The number of rotatable bonds is 7. The van der Waals surface area contributed by atoms with Crippen molar-refractivity contribution >= 4 is 11.9 Å². The van der Waals surface area contributed by atoms with Crippen LogP contribution in [0.2, 0.25) is 0 Å². The van der Waals surface area contributed by atoms with Crippen molar-refractivity contribution in [3.05, 3.63) is 59.2 Å².